The number of rotatable bonds is 7. The predicted octanol–water partition coefficient (Wildman–Crippen LogP) is 4.49. The van der Waals surface area contributed by atoms with Crippen molar-refractivity contribution >= 4 is 22.9 Å². The summed E-state index contributed by atoms with van der Waals surface area (Å²) < 4.78 is 15.8. The lowest BCUT2D eigenvalue weighted by molar-refractivity contribution is 0.0711. The number of nitrogens with zero attached hydrogens (tertiary/aromatic N) is 6. The summed E-state index contributed by atoms with van der Waals surface area (Å²) >= 11 is 0. The molecule has 1 aliphatic heterocycles. The number of aliphatic hydroxyl groups is 1. The maximum absolute atomic E-state index is 13.8. The number of pyridine rings is 1. The van der Waals surface area contributed by atoms with Crippen molar-refractivity contribution in [3.8, 4) is 0 Å². The third kappa shape index (κ3) is 5.65. The van der Waals surface area contributed by atoms with Gasteiger partial charge < -0.3 is 15.3 Å². The summed E-state index contributed by atoms with van der Waals surface area (Å²) in [6.45, 7) is 7.11. The van der Waals surface area contributed by atoms with E-state index < -0.39 is 6.17 Å². The fourth-order valence-electron chi connectivity index (χ4n) is 5.73. The second-order valence-electron chi connectivity index (χ2n) is 10.8. The number of nitrogens with one attached hydrogen (secondary N) is 1. The van der Waals surface area contributed by atoms with Crippen LogP contribution in [0.1, 0.15) is 91.3 Å². The highest BCUT2D eigenvalue weighted by Crippen LogP contribution is 2.36. The lowest BCUT2D eigenvalue weighted by atomic mass is 9.92. The van der Waals surface area contributed by atoms with E-state index in [4.69, 9.17) is 10.1 Å². The normalized spacial score (nSPS) is 21.6. The molecule has 2 aliphatic rings. The van der Waals surface area contributed by atoms with Gasteiger partial charge in [0.25, 0.3) is 5.91 Å². The first-order valence-electron chi connectivity index (χ1n) is 13.9. The fraction of sp³-hybridized carbons (Fsp3) is 0.607. The molecule has 1 saturated carbocycles. The molecule has 38 heavy (non-hydrogen) atoms. The SMILES string of the molecule is CCC(F)CNc1ncc2c(C3CCN(C(=O)c4cc(C)nc(C)c4)CC3)nn(C3CCC(O)CC3)c2n1. The Morgan fingerprint density at radius 1 is 1.11 bits per heavy atom. The van der Waals surface area contributed by atoms with Gasteiger partial charge in [-0.05, 0) is 70.9 Å². The zero-order valence-corrected chi connectivity index (χ0v) is 22.5. The highest BCUT2D eigenvalue weighted by molar-refractivity contribution is 5.94. The van der Waals surface area contributed by atoms with Gasteiger partial charge in [-0.1, -0.05) is 6.92 Å². The number of hydrogen-bond donors (Lipinski definition) is 2. The molecule has 1 saturated heterocycles. The number of piperidine rings is 1. The average molecular weight is 524 g/mol. The third-order valence-corrected chi connectivity index (χ3v) is 7.91. The molecule has 204 valence electrons. The zero-order chi connectivity index (χ0) is 26.8. The molecule has 3 aromatic rings. The lowest BCUT2D eigenvalue weighted by Gasteiger charge is -2.31. The predicted molar refractivity (Wildman–Crippen MR) is 144 cm³/mol. The van der Waals surface area contributed by atoms with Gasteiger partial charge >= 0.3 is 0 Å². The molecule has 0 aromatic carbocycles. The number of aliphatic hydroxyl groups excluding tert-OH is 1. The zero-order valence-electron chi connectivity index (χ0n) is 22.5. The van der Waals surface area contributed by atoms with Crippen LogP contribution in [0.5, 0.6) is 0 Å². The monoisotopic (exact) mass is 523 g/mol. The van der Waals surface area contributed by atoms with Crippen molar-refractivity contribution in [3.63, 3.8) is 0 Å². The van der Waals surface area contributed by atoms with E-state index in [1.54, 1.807) is 6.20 Å². The number of aryl methyl sites for hydroxylation is 2. The van der Waals surface area contributed by atoms with Gasteiger partial charge in [0.2, 0.25) is 5.95 Å². The van der Waals surface area contributed by atoms with Crippen LogP contribution in [-0.4, -0.2) is 72.6 Å². The number of likely N-dealkylation sites (tertiary alicyclic amines) is 1. The molecule has 9 nitrogen and oxygen atoms in total. The second kappa shape index (κ2) is 11.3. The average Bonchev–Trinajstić information content (AvgIpc) is 3.30. The molecule has 5 rings (SSSR count). The van der Waals surface area contributed by atoms with E-state index in [1.807, 2.05) is 42.5 Å². The summed E-state index contributed by atoms with van der Waals surface area (Å²) in [4.78, 5) is 28.7. The van der Waals surface area contributed by atoms with Crippen molar-refractivity contribution in [1.29, 1.82) is 0 Å². The molecule has 0 spiro atoms. The molecule has 10 heteroatoms. The summed E-state index contributed by atoms with van der Waals surface area (Å²) in [5.41, 5.74) is 4.11. The van der Waals surface area contributed by atoms with Crippen LogP contribution >= 0.6 is 0 Å². The van der Waals surface area contributed by atoms with Crippen molar-refractivity contribution in [1.82, 2.24) is 29.6 Å². The highest BCUT2D eigenvalue weighted by atomic mass is 19.1. The van der Waals surface area contributed by atoms with Gasteiger partial charge in [0.1, 0.15) is 6.17 Å². The van der Waals surface area contributed by atoms with Crippen molar-refractivity contribution in [2.45, 2.75) is 90.0 Å². The van der Waals surface area contributed by atoms with E-state index >= 15 is 0 Å². The minimum absolute atomic E-state index is 0.0468. The van der Waals surface area contributed by atoms with Crippen molar-refractivity contribution in [2.75, 3.05) is 25.0 Å². The molecule has 0 bridgehead atoms. The van der Waals surface area contributed by atoms with E-state index in [9.17, 15) is 14.3 Å². The fourth-order valence-corrected chi connectivity index (χ4v) is 5.73. The van der Waals surface area contributed by atoms with Crippen LogP contribution in [0, 0.1) is 13.8 Å². The van der Waals surface area contributed by atoms with Gasteiger partial charge in [-0.3, -0.25) is 9.78 Å². The molecule has 1 unspecified atom stereocenters. The minimum Gasteiger partial charge on any atom is -0.393 e. The Kier molecular flexibility index (Phi) is 7.88. The number of aromatic nitrogens is 5. The van der Waals surface area contributed by atoms with Gasteiger partial charge in [-0.15, -0.1) is 0 Å². The first-order chi connectivity index (χ1) is 18.3. The first-order valence-corrected chi connectivity index (χ1v) is 13.9. The number of carbonyl (C=O) groups excluding carboxylic acids is 1. The molecule has 2 N–H and O–H groups in total. The summed E-state index contributed by atoms with van der Waals surface area (Å²) in [6, 6.07) is 3.86. The Morgan fingerprint density at radius 2 is 1.79 bits per heavy atom. The van der Waals surface area contributed by atoms with Crippen LogP contribution in [0.15, 0.2) is 18.3 Å². The Hall–Kier alpha value is -3.14. The number of alkyl halides is 1. The molecule has 2 fully saturated rings. The van der Waals surface area contributed by atoms with E-state index in [-0.39, 0.29) is 30.5 Å². The maximum Gasteiger partial charge on any atom is 0.253 e. The molecule has 4 heterocycles. The smallest absolute Gasteiger partial charge is 0.253 e. The number of amides is 1. The van der Waals surface area contributed by atoms with Crippen LogP contribution in [0.3, 0.4) is 0 Å². The van der Waals surface area contributed by atoms with Crippen LogP contribution < -0.4 is 5.32 Å². The van der Waals surface area contributed by atoms with E-state index in [2.05, 4.69) is 15.3 Å². The van der Waals surface area contributed by atoms with Gasteiger partial charge in [0.05, 0.1) is 23.2 Å². The van der Waals surface area contributed by atoms with Crippen molar-refractivity contribution < 1.29 is 14.3 Å². The Morgan fingerprint density at radius 3 is 2.45 bits per heavy atom. The number of anilines is 1. The van der Waals surface area contributed by atoms with Gasteiger partial charge in [-0.25, -0.2) is 14.1 Å². The number of carbonyl (C=O) groups is 1. The molecule has 1 atom stereocenters. The van der Waals surface area contributed by atoms with Gasteiger partial charge in [0, 0.05) is 48.7 Å². The molecule has 0 radical (unpaired) electrons. The second-order valence-corrected chi connectivity index (χ2v) is 10.8. The Labute approximate surface area is 222 Å². The molecule has 1 aliphatic carbocycles. The van der Waals surface area contributed by atoms with Crippen molar-refractivity contribution in [2.24, 2.45) is 0 Å². The molecular weight excluding hydrogens is 485 g/mol. The van der Waals surface area contributed by atoms with E-state index in [0.717, 1.165) is 66.6 Å². The first kappa shape index (κ1) is 26.5. The number of hydrogen-bond acceptors (Lipinski definition) is 7. The highest BCUT2D eigenvalue weighted by Gasteiger charge is 2.31. The summed E-state index contributed by atoms with van der Waals surface area (Å²) in [6.07, 6.45) is 5.80. The summed E-state index contributed by atoms with van der Waals surface area (Å²) in [5.74, 6) is 0.640. The number of fused-ring (bicyclic) bond motifs is 1. The topological polar surface area (TPSA) is 109 Å². The number of halogens is 1. The molecule has 3 aromatic heterocycles. The Bertz CT molecular complexity index is 1260. The van der Waals surface area contributed by atoms with Gasteiger partial charge in [0.15, 0.2) is 5.65 Å². The lowest BCUT2D eigenvalue weighted by Crippen LogP contribution is -2.38. The van der Waals surface area contributed by atoms with Crippen LogP contribution in [-0.2, 0) is 0 Å². The minimum atomic E-state index is -0.956. The van der Waals surface area contributed by atoms with E-state index in [0.29, 0.717) is 31.0 Å². The molecular formula is C28H38FN7O2. The van der Waals surface area contributed by atoms with Crippen LogP contribution in [0.2, 0.25) is 0 Å². The standard InChI is InChI=1S/C28H38FN7O2/c1-4-21(29)15-30-28-31-16-24-25(34-36(26(24)33-28)22-5-7-23(37)8-6-22)19-9-11-35(12-10-19)27(38)20-13-17(2)32-18(3)14-20/h13-14,16,19,21-23,37H,4-12,15H2,1-3H3,(H,30,31,33). The van der Waals surface area contributed by atoms with E-state index in [1.165, 1.54) is 0 Å². The summed E-state index contributed by atoms with van der Waals surface area (Å²) in [7, 11) is 0. The van der Waals surface area contributed by atoms with Crippen molar-refractivity contribution in [3.05, 3.63) is 41.0 Å². The summed E-state index contributed by atoms with van der Waals surface area (Å²) in [5, 5.41) is 19.1. The third-order valence-electron chi connectivity index (χ3n) is 7.91. The van der Waals surface area contributed by atoms with Gasteiger partial charge in [-0.2, -0.15) is 10.1 Å². The molecule has 1 amide bonds. The maximum atomic E-state index is 13.8. The quantitative estimate of drug-likeness (QED) is 0.469. The van der Waals surface area contributed by atoms with Crippen LogP contribution in [0.4, 0.5) is 10.3 Å². The largest absolute Gasteiger partial charge is 0.393 e. The van der Waals surface area contributed by atoms with Crippen LogP contribution in [0.25, 0.3) is 11.0 Å². The Balaban J connectivity index is 1.37.